The van der Waals surface area contributed by atoms with Crippen molar-refractivity contribution in [3.63, 3.8) is 0 Å². The van der Waals surface area contributed by atoms with Crippen molar-refractivity contribution in [3.05, 3.63) is 36.3 Å². The van der Waals surface area contributed by atoms with Crippen LogP contribution in [0.5, 0.6) is 0 Å². The first-order chi connectivity index (χ1) is 6.45. The van der Waals surface area contributed by atoms with Crippen LogP contribution in [0.3, 0.4) is 0 Å². The summed E-state index contributed by atoms with van der Waals surface area (Å²) >= 11 is 0. The van der Waals surface area contributed by atoms with E-state index in [9.17, 15) is 0 Å². The van der Waals surface area contributed by atoms with E-state index in [2.05, 4.69) is 34.7 Å². The van der Waals surface area contributed by atoms with E-state index in [-0.39, 0.29) is 0 Å². The Morgan fingerprint density at radius 2 is 2.54 bits per heavy atom. The molecular formula is C10H12N2O. The van der Waals surface area contributed by atoms with Gasteiger partial charge in [-0.1, -0.05) is 12.2 Å². The van der Waals surface area contributed by atoms with Crippen molar-refractivity contribution in [2.45, 2.75) is 12.5 Å². The summed E-state index contributed by atoms with van der Waals surface area (Å²) in [6.07, 6.45) is 11.6. The molecule has 0 spiro atoms. The first-order valence-electron chi connectivity index (χ1n) is 4.64. The van der Waals surface area contributed by atoms with Gasteiger partial charge >= 0.3 is 0 Å². The standard InChI is InChI=1S/C10H12N2O/c1-2-4-10-8(3-1)9-5-6-11-12(9)7-13-10/h1-2,4-6,8-9,11H,3,7H2. The Hall–Kier alpha value is -1.22. The Bertz CT molecular complexity index is 306. The van der Waals surface area contributed by atoms with Crippen molar-refractivity contribution in [2.75, 3.05) is 6.73 Å². The quantitative estimate of drug-likeness (QED) is 0.599. The second kappa shape index (κ2) is 2.64. The number of nitrogens with zero attached hydrogens (tertiary/aromatic N) is 1. The van der Waals surface area contributed by atoms with E-state index in [0.29, 0.717) is 18.7 Å². The molecule has 2 heterocycles. The van der Waals surface area contributed by atoms with Crippen molar-refractivity contribution in [1.82, 2.24) is 10.4 Å². The molecule has 0 bridgehead atoms. The predicted octanol–water partition coefficient (Wildman–Crippen LogP) is 1.14. The molecule has 0 aromatic rings. The fraction of sp³-hybridized carbons (Fsp3) is 0.400. The first kappa shape index (κ1) is 7.21. The van der Waals surface area contributed by atoms with Gasteiger partial charge in [0, 0.05) is 12.1 Å². The molecule has 13 heavy (non-hydrogen) atoms. The average molecular weight is 176 g/mol. The predicted molar refractivity (Wildman–Crippen MR) is 49.2 cm³/mol. The Balaban J connectivity index is 1.92. The fourth-order valence-corrected chi connectivity index (χ4v) is 2.14. The van der Waals surface area contributed by atoms with Crippen molar-refractivity contribution in [2.24, 2.45) is 5.92 Å². The van der Waals surface area contributed by atoms with Crippen molar-refractivity contribution >= 4 is 0 Å². The molecule has 3 aliphatic rings. The summed E-state index contributed by atoms with van der Waals surface area (Å²) < 4.78 is 5.63. The van der Waals surface area contributed by atoms with E-state index >= 15 is 0 Å². The maximum atomic E-state index is 5.63. The maximum Gasteiger partial charge on any atom is 0.158 e. The molecule has 1 N–H and O–H groups in total. The van der Waals surface area contributed by atoms with Gasteiger partial charge in [-0.05, 0) is 18.6 Å². The van der Waals surface area contributed by atoms with Gasteiger partial charge in [-0.25, -0.2) is 0 Å². The molecule has 1 aliphatic carbocycles. The number of nitrogens with one attached hydrogen (secondary N) is 1. The Labute approximate surface area is 77.3 Å². The highest BCUT2D eigenvalue weighted by Crippen LogP contribution is 2.33. The lowest BCUT2D eigenvalue weighted by atomic mass is 9.90. The van der Waals surface area contributed by atoms with Gasteiger partial charge in [0.1, 0.15) is 5.76 Å². The normalized spacial score (nSPS) is 35.8. The Kier molecular flexibility index (Phi) is 1.46. The lowest BCUT2D eigenvalue weighted by Gasteiger charge is -2.38. The molecule has 0 amide bonds. The van der Waals surface area contributed by atoms with Gasteiger partial charge in [-0.15, -0.1) is 0 Å². The number of hydrazine groups is 1. The van der Waals surface area contributed by atoms with Gasteiger partial charge in [0.05, 0.1) is 6.04 Å². The minimum absolute atomic E-state index is 0.477. The molecule has 3 rings (SSSR count). The molecule has 2 atom stereocenters. The monoisotopic (exact) mass is 176 g/mol. The zero-order chi connectivity index (χ0) is 8.67. The van der Waals surface area contributed by atoms with Gasteiger partial charge in [0.2, 0.25) is 0 Å². The van der Waals surface area contributed by atoms with Crippen molar-refractivity contribution in [1.29, 1.82) is 0 Å². The molecular weight excluding hydrogens is 164 g/mol. The fourth-order valence-electron chi connectivity index (χ4n) is 2.14. The third-order valence-corrected chi connectivity index (χ3v) is 2.83. The number of ether oxygens (including phenoxy) is 1. The molecule has 0 aromatic carbocycles. The number of fused-ring (bicyclic) bond motifs is 3. The smallest absolute Gasteiger partial charge is 0.158 e. The lowest BCUT2D eigenvalue weighted by Crippen LogP contribution is -2.48. The van der Waals surface area contributed by atoms with Gasteiger partial charge in [0.25, 0.3) is 0 Å². The van der Waals surface area contributed by atoms with Crippen LogP contribution in [0.15, 0.2) is 36.3 Å². The summed E-state index contributed by atoms with van der Waals surface area (Å²) in [5.41, 5.74) is 3.17. The van der Waals surface area contributed by atoms with Crippen LogP contribution >= 0.6 is 0 Å². The maximum absolute atomic E-state index is 5.63. The van der Waals surface area contributed by atoms with Crippen LogP contribution in [0.1, 0.15) is 6.42 Å². The van der Waals surface area contributed by atoms with Crippen LogP contribution in [0.2, 0.25) is 0 Å². The van der Waals surface area contributed by atoms with Crippen molar-refractivity contribution in [3.8, 4) is 0 Å². The third kappa shape index (κ3) is 1.00. The van der Waals surface area contributed by atoms with Gasteiger partial charge < -0.3 is 10.2 Å². The molecule has 3 heteroatoms. The van der Waals surface area contributed by atoms with Crippen LogP contribution in [-0.4, -0.2) is 17.8 Å². The second-order valence-corrected chi connectivity index (χ2v) is 3.56. The molecule has 2 aliphatic heterocycles. The zero-order valence-electron chi connectivity index (χ0n) is 7.31. The van der Waals surface area contributed by atoms with Gasteiger partial charge in [-0.2, -0.15) is 5.01 Å². The van der Waals surface area contributed by atoms with E-state index in [1.54, 1.807) is 0 Å². The average Bonchev–Trinajstić information content (AvgIpc) is 2.65. The molecule has 1 fully saturated rings. The van der Waals surface area contributed by atoms with E-state index in [1.165, 1.54) is 0 Å². The number of hydrogen-bond donors (Lipinski definition) is 1. The lowest BCUT2D eigenvalue weighted by molar-refractivity contribution is -0.0346. The zero-order valence-corrected chi connectivity index (χ0v) is 7.31. The van der Waals surface area contributed by atoms with Gasteiger partial charge in [0.15, 0.2) is 6.73 Å². The molecule has 3 nitrogen and oxygen atoms in total. The molecule has 68 valence electrons. The minimum Gasteiger partial charge on any atom is -0.480 e. The third-order valence-electron chi connectivity index (χ3n) is 2.83. The summed E-state index contributed by atoms with van der Waals surface area (Å²) in [6, 6.07) is 0.477. The topological polar surface area (TPSA) is 24.5 Å². The number of hydrogen-bond acceptors (Lipinski definition) is 3. The van der Waals surface area contributed by atoms with Crippen LogP contribution in [0.25, 0.3) is 0 Å². The summed E-state index contributed by atoms with van der Waals surface area (Å²) in [5.74, 6) is 1.64. The Morgan fingerprint density at radius 1 is 1.54 bits per heavy atom. The van der Waals surface area contributed by atoms with Crippen molar-refractivity contribution < 1.29 is 4.74 Å². The van der Waals surface area contributed by atoms with E-state index in [0.717, 1.165) is 12.2 Å². The summed E-state index contributed by atoms with van der Waals surface area (Å²) in [4.78, 5) is 0. The summed E-state index contributed by atoms with van der Waals surface area (Å²) in [6.45, 7) is 0.647. The van der Waals surface area contributed by atoms with Crippen LogP contribution in [-0.2, 0) is 4.74 Å². The van der Waals surface area contributed by atoms with E-state index in [4.69, 9.17) is 4.74 Å². The highest BCUT2D eigenvalue weighted by Gasteiger charge is 2.36. The molecule has 0 saturated carbocycles. The van der Waals surface area contributed by atoms with Crippen LogP contribution in [0.4, 0.5) is 0 Å². The summed E-state index contributed by atoms with van der Waals surface area (Å²) in [7, 11) is 0. The second-order valence-electron chi connectivity index (χ2n) is 3.56. The molecule has 1 saturated heterocycles. The van der Waals surface area contributed by atoms with Gasteiger partial charge in [-0.3, -0.25) is 0 Å². The first-order valence-corrected chi connectivity index (χ1v) is 4.64. The Morgan fingerprint density at radius 3 is 3.54 bits per heavy atom. The SMILES string of the molecule is C1=CCC2C(=C1)OCN1NC=CC21. The summed E-state index contributed by atoms with van der Waals surface area (Å²) in [5, 5.41) is 2.13. The highest BCUT2D eigenvalue weighted by atomic mass is 16.5. The number of allylic oxidation sites excluding steroid dienone is 3. The highest BCUT2D eigenvalue weighted by molar-refractivity contribution is 5.23. The minimum atomic E-state index is 0.477. The van der Waals surface area contributed by atoms with Crippen LogP contribution in [0, 0.1) is 5.92 Å². The molecule has 2 unspecified atom stereocenters. The van der Waals surface area contributed by atoms with E-state index in [1.807, 2.05) is 6.20 Å². The van der Waals surface area contributed by atoms with E-state index < -0.39 is 0 Å². The molecule has 0 aromatic heterocycles. The largest absolute Gasteiger partial charge is 0.480 e. The van der Waals surface area contributed by atoms with Crippen LogP contribution < -0.4 is 5.43 Å². The molecule has 0 radical (unpaired) electrons. The number of rotatable bonds is 0.